The number of anilines is 3. The van der Waals surface area contributed by atoms with Gasteiger partial charge in [-0.15, -0.1) is 0 Å². The van der Waals surface area contributed by atoms with Crippen LogP contribution in [0.4, 0.5) is 21.9 Å². The molecular weight excluding hydrogens is 454 g/mol. The van der Waals surface area contributed by atoms with Gasteiger partial charge in [-0.05, 0) is 69.5 Å². The molecule has 1 aliphatic carbocycles. The Morgan fingerprint density at radius 3 is 2.53 bits per heavy atom. The number of carbonyl (C=O) groups is 1. The maximum absolute atomic E-state index is 12.5. The highest BCUT2D eigenvalue weighted by atomic mass is 16.5. The van der Waals surface area contributed by atoms with Gasteiger partial charge in [-0.25, -0.2) is 14.8 Å². The number of imidazole rings is 1. The molecule has 2 aromatic heterocycles. The van der Waals surface area contributed by atoms with Crippen molar-refractivity contribution in [1.82, 2.24) is 19.4 Å². The number of ether oxygens (including phenoxy) is 1. The Labute approximate surface area is 214 Å². The van der Waals surface area contributed by atoms with Gasteiger partial charge >= 0.3 is 6.03 Å². The molecule has 1 aliphatic heterocycles. The van der Waals surface area contributed by atoms with Crippen molar-refractivity contribution in [2.45, 2.75) is 50.8 Å². The monoisotopic (exact) mass is 491 g/mol. The normalized spacial score (nSPS) is 18.1. The number of hydrogen-bond donors (Lipinski definition) is 2. The fourth-order valence-electron chi connectivity index (χ4n) is 4.99. The van der Waals surface area contributed by atoms with Crippen molar-refractivity contribution in [3.05, 3.63) is 60.8 Å². The number of benzene rings is 1. The van der Waals surface area contributed by atoms with E-state index >= 15 is 0 Å². The summed E-state index contributed by atoms with van der Waals surface area (Å²) >= 11 is 0. The second-order valence-corrected chi connectivity index (χ2v) is 9.79. The Balaban J connectivity index is 0.00000320. The molecule has 0 spiro atoms. The lowest BCUT2D eigenvalue weighted by Gasteiger charge is -2.25. The van der Waals surface area contributed by atoms with Crippen LogP contribution in [-0.4, -0.2) is 57.7 Å². The summed E-state index contributed by atoms with van der Waals surface area (Å²) in [7, 11) is 4.20. The van der Waals surface area contributed by atoms with E-state index in [1.54, 1.807) is 12.3 Å². The SMILES string of the molecule is CN(Cc1nccn1C)C1CCN(c2ccc(NC(=O)Nc3ccc(OC4CCCC4)nc3)cc2)C1.[HH]. The quantitative estimate of drug-likeness (QED) is 0.473. The molecule has 3 aromatic rings. The molecule has 5 rings (SSSR count). The Morgan fingerprint density at radius 1 is 1.08 bits per heavy atom. The lowest BCUT2D eigenvalue weighted by atomic mass is 10.2. The minimum atomic E-state index is -0.300. The number of aromatic nitrogens is 3. The summed E-state index contributed by atoms with van der Waals surface area (Å²) in [5.74, 6) is 1.68. The minimum absolute atomic E-state index is 0. The highest BCUT2D eigenvalue weighted by Gasteiger charge is 2.26. The number of urea groups is 1. The smallest absolute Gasteiger partial charge is 0.323 e. The molecule has 2 N–H and O–H groups in total. The van der Waals surface area contributed by atoms with Gasteiger partial charge in [-0.2, -0.15) is 0 Å². The highest BCUT2D eigenvalue weighted by Crippen LogP contribution is 2.26. The molecule has 1 aromatic carbocycles. The molecule has 192 valence electrons. The first-order chi connectivity index (χ1) is 17.5. The van der Waals surface area contributed by atoms with E-state index in [0.29, 0.717) is 17.6 Å². The molecule has 36 heavy (non-hydrogen) atoms. The van der Waals surface area contributed by atoms with E-state index in [9.17, 15) is 4.79 Å². The number of nitrogens with one attached hydrogen (secondary N) is 2. The Hall–Kier alpha value is -3.59. The summed E-state index contributed by atoms with van der Waals surface area (Å²) in [5.41, 5.74) is 2.53. The van der Waals surface area contributed by atoms with E-state index in [1.165, 1.54) is 12.8 Å². The predicted octanol–water partition coefficient (Wildman–Crippen LogP) is 4.74. The third-order valence-corrected chi connectivity index (χ3v) is 7.17. The Bertz CT molecular complexity index is 1150. The van der Waals surface area contributed by atoms with Gasteiger partial charge in [-0.3, -0.25) is 4.90 Å². The van der Waals surface area contributed by atoms with Crippen molar-refractivity contribution in [1.29, 1.82) is 0 Å². The first-order valence-corrected chi connectivity index (χ1v) is 12.8. The number of hydrogen-bond acceptors (Lipinski definition) is 6. The van der Waals surface area contributed by atoms with E-state index in [2.05, 4.69) is 54.1 Å². The van der Waals surface area contributed by atoms with E-state index in [4.69, 9.17) is 4.74 Å². The largest absolute Gasteiger partial charge is 0.474 e. The maximum Gasteiger partial charge on any atom is 0.323 e. The lowest BCUT2D eigenvalue weighted by Crippen LogP contribution is -2.34. The maximum atomic E-state index is 12.5. The number of aryl methyl sites for hydroxylation is 1. The molecule has 0 bridgehead atoms. The number of pyridine rings is 1. The van der Waals surface area contributed by atoms with Crippen LogP contribution in [0, 0.1) is 0 Å². The van der Waals surface area contributed by atoms with Crippen LogP contribution in [-0.2, 0) is 13.6 Å². The highest BCUT2D eigenvalue weighted by molar-refractivity contribution is 5.99. The van der Waals surface area contributed by atoms with E-state index < -0.39 is 0 Å². The van der Waals surface area contributed by atoms with Gasteiger partial charge in [0.2, 0.25) is 5.88 Å². The van der Waals surface area contributed by atoms with Crippen LogP contribution < -0.4 is 20.3 Å². The molecule has 2 aliphatic rings. The second kappa shape index (κ2) is 11.0. The molecule has 9 heteroatoms. The van der Waals surface area contributed by atoms with Crippen molar-refractivity contribution in [3.63, 3.8) is 0 Å². The Kier molecular flexibility index (Phi) is 7.36. The van der Waals surface area contributed by atoms with Crippen LogP contribution in [0.3, 0.4) is 0 Å². The van der Waals surface area contributed by atoms with Crippen LogP contribution >= 0.6 is 0 Å². The first kappa shape index (κ1) is 24.1. The zero-order chi connectivity index (χ0) is 24.9. The topological polar surface area (TPSA) is 87.6 Å². The molecule has 2 amide bonds. The van der Waals surface area contributed by atoms with Gasteiger partial charge in [0.05, 0.1) is 18.4 Å². The van der Waals surface area contributed by atoms with Crippen molar-refractivity contribution in [2.75, 3.05) is 35.7 Å². The van der Waals surface area contributed by atoms with Gasteiger partial charge in [0, 0.05) is 57.4 Å². The van der Waals surface area contributed by atoms with Crippen molar-refractivity contribution >= 4 is 23.1 Å². The average Bonchev–Trinajstić information content (AvgIpc) is 3.64. The molecule has 1 atom stereocenters. The van der Waals surface area contributed by atoms with E-state index in [-0.39, 0.29) is 13.6 Å². The standard InChI is InChI=1S/C27H35N7O2.H2/c1-32-16-14-28-25(32)19-33(2)23-13-15-34(18-23)22-10-7-20(8-11-22)30-27(35)31-21-9-12-26(29-17-21)36-24-5-3-4-6-24;/h7-12,14,16-17,23-24H,3-6,13,15,18-19H2,1-2H3,(H2,30,31,35);1H. The van der Waals surface area contributed by atoms with Crippen LogP contribution in [0.2, 0.25) is 0 Å². The minimum Gasteiger partial charge on any atom is -0.474 e. The number of nitrogens with zero attached hydrogens (tertiary/aromatic N) is 5. The van der Waals surface area contributed by atoms with Crippen LogP contribution in [0.15, 0.2) is 55.0 Å². The number of rotatable bonds is 8. The van der Waals surface area contributed by atoms with Crippen LogP contribution in [0.1, 0.15) is 39.4 Å². The van der Waals surface area contributed by atoms with Crippen LogP contribution in [0.25, 0.3) is 0 Å². The number of carbonyl (C=O) groups excluding carboxylic acids is 1. The number of amides is 2. The molecule has 0 radical (unpaired) electrons. The second-order valence-electron chi connectivity index (χ2n) is 9.79. The summed E-state index contributed by atoms with van der Waals surface area (Å²) in [4.78, 5) is 26.0. The first-order valence-electron chi connectivity index (χ1n) is 12.8. The Morgan fingerprint density at radius 2 is 1.83 bits per heavy atom. The third kappa shape index (κ3) is 5.96. The third-order valence-electron chi connectivity index (χ3n) is 7.17. The van der Waals surface area contributed by atoms with Gasteiger partial charge in [0.15, 0.2) is 0 Å². The van der Waals surface area contributed by atoms with Crippen LogP contribution in [0.5, 0.6) is 5.88 Å². The molecule has 1 saturated heterocycles. The molecule has 9 nitrogen and oxygen atoms in total. The molecule has 1 unspecified atom stereocenters. The summed E-state index contributed by atoms with van der Waals surface area (Å²) in [6.07, 6.45) is 11.4. The van der Waals surface area contributed by atoms with Crippen molar-refractivity contribution in [2.24, 2.45) is 7.05 Å². The zero-order valence-electron chi connectivity index (χ0n) is 21.1. The van der Waals surface area contributed by atoms with E-state index in [0.717, 1.165) is 56.1 Å². The zero-order valence-corrected chi connectivity index (χ0v) is 21.1. The average molecular weight is 492 g/mol. The molecule has 3 heterocycles. The van der Waals surface area contributed by atoms with Crippen molar-refractivity contribution in [3.8, 4) is 5.88 Å². The number of likely N-dealkylation sites (N-methyl/N-ethyl adjacent to an activating group) is 1. The molecular formula is C27H37N7O2. The van der Waals surface area contributed by atoms with Gasteiger partial charge < -0.3 is 24.8 Å². The molecule has 1 saturated carbocycles. The summed E-state index contributed by atoms with van der Waals surface area (Å²) in [6.45, 7) is 2.82. The molecule has 2 fully saturated rings. The predicted molar refractivity (Wildman–Crippen MR) is 144 cm³/mol. The summed E-state index contributed by atoms with van der Waals surface area (Å²) in [6, 6.07) is 11.8. The van der Waals surface area contributed by atoms with Gasteiger partial charge in [0.1, 0.15) is 11.9 Å². The fourth-order valence-corrected chi connectivity index (χ4v) is 4.99. The lowest BCUT2D eigenvalue weighted by molar-refractivity contribution is 0.201. The fraction of sp³-hybridized carbons (Fsp3) is 0.444. The van der Waals surface area contributed by atoms with Crippen molar-refractivity contribution < 1.29 is 11.0 Å². The van der Waals surface area contributed by atoms with Gasteiger partial charge in [0.25, 0.3) is 0 Å². The van der Waals surface area contributed by atoms with Gasteiger partial charge in [-0.1, -0.05) is 0 Å². The summed E-state index contributed by atoms with van der Waals surface area (Å²) in [5, 5.41) is 5.72. The summed E-state index contributed by atoms with van der Waals surface area (Å²) < 4.78 is 7.95. The van der Waals surface area contributed by atoms with E-state index in [1.807, 2.05) is 37.6 Å².